The van der Waals surface area contributed by atoms with Crippen LogP contribution in [0, 0.1) is 5.95 Å². The van der Waals surface area contributed by atoms with Gasteiger partial charge >= 0.3 is 0 Å². The highest BCUT2D eigenvalue weighted by atomic mass is 19.1. The Bertz CT molecular complexity index is 1060. The number of rotatable bonds is 4. The van der Waals surface area contributed by atoms with Gasteiger partial charge in [-0.25, -0.2) is 24.9 Å². The van der Waals surface area contributed by atoms with Crippen molar-refractivity contribution < 1.29 is 9.13 Å². The van der Waals surface area contributed by atoms with Crippen LogP contribution in [0.2, 0.25) is 0 Å². The van der Waals surface area contributed by atoms with Gasteiger partial charge in [0.2, 0.25) is 5.95 Å². The fraction of sp³-hybridized carbons (Fsp3) is 0.409. The average Bonchev–Trinajstić information content (AvgIpc) is 2.80. The molecule has 5 heterocycles. The van der Waals surface area contributed by atoms with Crippen LogP contribution in [0.5, 0.6) is 0 Å². The van der Waals surface area contributed by atoms with Gasteiger partial charge in [-0.05, 0) is 25.8 Å². The molecule has 0 spiro atoms. The summed E-state index contributed by atoms with van der Waals surface area (Å²) in [6, 6.07) is 5.40. The van der Waals surface area contributed by atoms with E-state index in [0.29, 0.717) is 30.4 Å². The van der Waals surface area contributed by atoms with E-state index in [-0.39, 0.29) is 12.1 Å². The quantitative estimate of drug-likeness (QED) is 0.643. The number of pyridine rings is 1. The van der Waals surface area contributed by atoms with Crippen LogP contribution in [0.1, 0.15) is 37.1 Å². The van der Waals surface area contributed by atoms with Crippen LogP contribution in [0.25, 0.3) is 11.6 Å². The highest BCUT2D eigenvalue weighted by Crippen LogP contribution is 2.33. The van der Waals surface area contributed by atoms with Gasteiger partial charge in [0.25, 0.3) is 0 Å². The number of aromatic nitrogens is 5. The van der Waals surface area contributed by atoms with Gasteiger partial charge in [-0.3, -0.25) is 0 Å². The molecule has 0 radical (unpaired) electrons. The molecular weight excluding hydrogens is 397 g/mol. The fourth-order valence-corrected chi connectivity index (χ4v) is 4.19. The van der Waals surface area contributed by atoms with E-state index in [2.05, 4.69) is 37.1 Å². The molecule has 1 N–H and O–H groups in total. The summed E-state index contributed by atoms with van der Waals surface area (Å²) in [5.74, 6) is 1.16. The summed E-state index contributed by atoms with van der Waals surface area (Å²) in [7, 11) is 0. The maximum Gasteiger partial charge on any atom is 0.216 e. The molecule has 3 aromatic rings. The Kier molecular flexibility index (Phi) is 5.42. The molecule has 2 aliphatic heterocycles. The summed E-state index contributed by atoms with van der Waals surface area (Å²) < 4.78 is 19.8. The molecule has 3 aromatic heterocycles. The molecule has 0 bridgehead atoms. The van der Waals surface area contributed by atoms with Crippen LogP contribution in [-0.2, 0) is 11.2 Å². The zero-order valence-electron chi connectivity index (χ0n) is 17.3. The zero-order chi connectivity index (χ0) is 21.2. The van der Waals surface area contributed by atoms with E-state index >= 15 is 0 Å². The van der Waals surface area contributed by atoms with E-state index < -0.39 is 5.95 Å². The first-order chi connectivity index (χ1) is 15.2. The number of anilines is 2. The van der Waals surface area contributed by atoms with Gasteiger partial charge in [-0.15, -0.1) is 0 Å². The second-order valence-electron chi connectivity index (χ2n) is 7.86. The number of halogens is 1. The molecule has 0 aromatic carbocycles. The number of nitrogens with zero attached hydrogens (tertiary/aromatic N) is 6. The molecule has 31 heavy (non-hydrogen) atoms. The lowest BCUT2D eigenvalue weighted by Crippen LogP contribution is -2.35. The summed E-state index contributed by atoms with van der Waals surface area (Å²) in [5.41, 5.74) is 2.73. The molecule has 0 aliphatic carbocycles. The van der Waals surface area contributed by atoms with Gasteiger partial charge in [-0.1, -0.05) is 0 Å². The molecule has 1 fully saturated rings. The minimum absolute atomic E-state index is 0.0280. The Hall–Kier alpha value is -3.20. The third-order valence-corrected chi connectivity index (χ3v) is 5.84. The van der Waals surface area contributed by atoms with Gasteiger partial charge in [-0.2, -0.15) is 4.39 Å². The van der Waals surface area contributed by atoms with Crippen molar-refractivity contribution in [1.82, 2.24) is 24.9 Å². The highest BCUT2D eigenvalue weighted by Gasteiger charge is 2.28. The minimum atomic E-state index is -0.488. The first-order valence-corrected chi connectivity index (χ1v) is 10.6. The van der Waals surface area contributed by atoms with Crippen LogP contribution >= 0.6 is 0 Å². The number of nitrogens with one attached hydrogen (secondary N) is 1. The van der Waals surface area contributed by atoms with E-state index in [0.717, 1.165) is 43.0 Å². The van der Waals surface area contributed by atoms with Gasteiger partial charge in [0, 0.05) is 74.2 Å². The van der Waals surface area contributed by atoms with Crippen molar-refractivity contribution in [2.45, 2.75) is 38.3 Å². The van der Waals surface area contributed by atoms with Crippen molar-refractivity contribution in [3.05, 3.63) is 54.0 Å². The Morgan fingerprint density at radius 3 is 2.68 bits per heavy atom. The second kappa shape index (κ2) is 8.50. The summed E-state index contributed by atoms with van der Waals surface area (Å²) in [5, 5.41) is 3.44. The first-order valence-electron chi connectivity index (χ1n) is 10.6. The van der Waals surface area contributed by atoms with E-state index in [1.807, 2.05) is 12.3 Å². The summed E-state index contributed by atoms with van der Waals surface area (Å²) in [6.45, 7) is 4.22. The molecule has 0 saturated carbocycles. The molecule has 2 aliphatic rings. The molecule has 1 atom stereocenters. The van der Waals surface area contributed by atoms with E-state index in [1.165, 1.54) is 6.07 Å². The Morgan fingerprint density at radius 1 is 1.06 bits per heavy atom. The topological polar surface area (TPSA) is 89.0 Å². The molecule has 160 valence electrons. The lowest BCUT2D eigenvalue weighted by atomic mass is 9.99. The SMILES string of the molecule is CC1c2cnc(-c3ncccn3)nc2CCN1c1cc(NC2CCOCC2)cc(F)n1. The largest absolute Gasteiger partial charge is 0.382 e. The fourth-order valence-electron chi connectivity index (χ4n) is 4.19. The Labute approximate surface area is 180 Å². The predicted octanol–water partition coefficient (Wildman–Crippen LogP) is 3.18. The van der Waals surface area contributed by atoms with Crippen molar-refractivity contribution in [3.63, 3.8) is 0 Å². The highest BCUT2D eigenvalue weighted by molar-refractivity contribution is 5.56. The third-order valence-electron chi connectivity index (χ3n) is 5.84. The van der Waals surface area contributed by atoms with E-state index in [9.17, 15) is 4.39 Å². The standard InChI is InChI=1S/C22H24FN7O/c1-14-17-13-26-22(21-24-6-2-7-25-21)28-18(17)3-8-30(14)20-12-16(11-19(23)29-20)27-15-4-9-31-10-5-15/h2,6-7,11-15H,3-5,8-10H2,1H3,(H,27,29). The molecule has 0 amide bonds. The van der Waals surface area contributed by atoms with Gasteiger partial charge in [0.1, 0.15) is 5.82 Å². The lowest BCUT2D eigenvalue weighted by Gasteiger charge is -2.35. The number of hydrogen-bond donors (Lipinski definition) is 1. The van der Waals surface area contributed by atoms with Crippen LogP contribution in [0.15, 0.2) is 36.8 Å². The number of fused-ring (bicyclic) bond motifs is 1. The molecular formula is C22H24FN7O. The minimum Gasteiger partial charge on any atom is -0.382 e. The number of hydrogen-bond acceptors (Lipinski definition) is 8. The van der Waals surface area contributed by atoms with Crippen LogP contribution in [0.3, 0.4) is 0 Å². The van der Waals surface area contributed by atoms with Crippen molar-refractivity contribution in [3.8, 4) is 11.6 Å². The first kappa shape index (κ1) is 19.7. The Morgan fingerprint density at radius 2 is 1.87 bits per heavy atom. The van der Waals surface area contributed by atoms with Crippen molar-refractivity contribution in [2.75, 3.05) is 30.0 Å². The summed E-state index contributed by atoms with van der Waals surface area (Å²) >= 11 is 0. The monoisotopic (exact) mass is 421 g/mol. The van der Waals surface area contributed by atoms with E-state index in [4.69, 9.17) is 9.72 Å². The van der Waals surface area contributed by atoms with Gasteiger partial charge in [0.05, 0.1) is 11.7 Å². The van der Waals surface area contributed by atoms with Crippen LogP contribution < -0.4 is 10.2 Å². The van der Waals surface area contributed by atoms with Crippen LogP contribution in [-0.4, -0.2) is 50.7 Å². The van der Waals surface area contributed by atoms with Gasteiger partial charge in [0.15, 0.2) is 11.6 Å². The van der Waals surface area contributed by atoms with Crippen molar-refractivity contribution in [1.29, 1.82) is 0 Å². The second-order valence-corrected chi connectivity index (χ2v) is 7.86. The smallest absolute Gasteiger partial charge is 0.216 e. The van der Waals surface area contributed by atoms with Crippen LogP contribution in [0.4, 0.5) is 15.9 Å². The molecule has 1 unspecified atom stereocenters. The maximum absolute atomic E-state index is 14.4. The average molecular weight is 421 g/mol. The van der Waals surface area contributed by atoms with Crippen molar-refractivity contribution >= 4 is 11.5 Å². The van der Waals surface area contributed by atoms with E-state index in [1.54, 1.807) is 18.5 Å². The third kappa shape index (κ3) is 4.18. The summed E-state index contributed by atoms with van der Waals surface area (Å²) in [4.78, 5) is 23.9. The van der Waals surface area contributed by atoms with Gasteiger partial charge < -0.3 is 15.0 Å². The molecule has 1 saturated heterocycles. The molecule has 5 rings (SSSR count). The predicted molar refractivity (Wildman–Crippen MR) is 114 cm³/mol. The number of ether oxygens (including phenoxy) is 1. The maximum atomic E-state index is 14.4. The normalized spacial score (nSPS) is 19.2. The lowest BCUT2D eigenvalue weighted by molar-refractivity contribution is 0.0904. The summed E-state index contributed by atoms with van der Waals surface area (Å²) in [6.07, 6.45) is 7.72. The Balaban J connectivity index is 1.39. The zero-order valence-corrected chi connectivity index (χ0v) is 17.3. The molecule has 8 nitrogen and oxygen atoms in total. The van der Waals surface area contributed by atoms with Crippen molar-refractivity contribution in [2.24, 2.45) is 0 Å². The molecule has 9 heteroatoms.